The smallest absolute Gasteiger partial charge is 0.323 e. The molecule has 4 unspecified atom stereocenters. The number of hydrogen-bond donors (Lipinski definition) is 6. The van der Waals surface area contributed by atoms with Gasteiger partial charge in [0, 0.05) is 6.54 Å². The average Bonchev–Trinajstić information content (AvgIpc) is 3.08. The molecule has 2 aliphatic heterocycles. The summed E-state index contributed by atoms with van der Waals surface area (Å²) < 4.78 is 5.35. The van der Waals surface area contributed by atoms with E-state index in [-0.39, 0.29) is 23.6 Å². The molecule has 10 nitrogen and oxygen atoms in total. The number of nitrogens with two attached hydrogens (primary N) is 1. The monoisotopic (exact) mass is 338 g/mol. The third-order valence-corrected chi connectivity index (χ3v) is 4.30. The minimum atomic E-state index is -0.993. The van der Waals surface area contributed by atoms with Crippen LogP contribution in [0.4, 0.5) is 17.5 Å². The van der Waals surface area contributed by atoms with Crippen LogP contribution in [0.3, 0.4) is 0 Å². The second kappa shape index (κ2) is 6.65. The number of rotatable bonds is 4. The lowest BCUT2D eigenvalue weighted by Crippen LogP contribution is -2.50. The molecular weight excluding hydrogens is 316 g/mol. The zero-order valence-electron chi connectivity index (χ0n) is 13.3. The van der Waals surface area contributed by atoms with Crippen LogP contribution in [0, 0.1) is 0 Å². The quantitative estimate of drug-likeness (QED) is 0.364. The lowest BCUT2D eigenvalue weighted by atomic mass is 10.0. The third kappa shape index (κ3) is 3.29. The Morgan fingerprint density at radius 2 is 2.29 bits per heavy atom. The molecule has 0 saturated carbocycles. The molecule has 0 amide bonds. The molecular formula is C14H22N6O4. The van der Waals surface area contributed by atoms with Crippen LogP contribution in [-0.4, -0.2) is 58.4 Å². The number of anilines is 3. The van der Waals surface area contributed by atoms with Crippen molar-refractivity contribution in [2.24, 2.45) is 0 Å². The van der Waals surface area contributed by atoms with Gasteiger partial charge < -0.3 is 31.5 Å². The highest BCUT2D eigenvalue weighted by atomic mass is 16.6. The minimum Gasteiger partial charge on any atom is -0.459 e. The number of nitrogens with one attached hydrogen (secondary N) is 4. The summed E-state index contributed by atoms with van der Waals surface area (Å²) in [7, 11) is 0. The number of fused-ring (bicyclic) bond motifs is 1. The Morgan fingerprint density at radius 3 is 3.00 bits per heavy atom. The molecule has 1 aromatic heterocycles. The number of aliphatic hydroxyl groups is 1. The number of aliphatic hydroxyl groups excluding tert-OH is 1. The molecule has 0 aromatic carbocycles. The first-order valence-electron chi connectivity index (χ1n) is 7.98. The molecule has 132 valence electrons. The van der Waals surface area contributed by atoms with Crippen LogP contribution >= 0.6 is 0 Å². The Morgan fingerprint density at radius 1 is 1.50 bits per heavy atom. The van der Waals surface area contributed by atoms with E-state index < -0.39 is 23.8 Å². The number of nitrogens with zero attached hydrogens (tertiary/aromatic N) is 1. The van der Waals surface area contributed by atoms with Crippen LogP contribution in [0.15, 0.2) is 4.79 Å². The van der Waals surface area contributed by atoms with Gasteiger partial charge in [0.15, 0.2) is 5.82 Å². The maximum atomic E-state index is 12.0. The molecule has 1 saturated heterocycles. The Balaban J connectivity index is 1.63. The summed E-state index contributed by atoms with van der Waals surface area (Å²) in [5, 5.41) is 19.4. The maximum Gasteiger partial charge on any atom is 0.323 e. The van der Waals surface area contributed by atoms with Gasteiger partial charge in [0.2, 0.25) is 5.95 Å². The van der Waals surface area contributed by atoms with Gasteiger partial charge in [0.25, 0.3) is 5.56 Å². The Labute approximate surface area is 138 Å². The summed E-state index contributed by atoms with van der Waals surface area (Å²) >= 11 is 0. The molecule has 7 N–H and O–H groups in total. The fourth-order valence-corrected chi connectivity index (χ4v) is 2.95. The first-order chi connectivity index (χ1) is 11.5. The van der Waals surface area contributed by atoms with Crippen molar-refractivity contribution in [2.75, 3.05) is 29.5 Å². The highest BCUT2D eigenvalue weighted by Gasteiger charge is 2.33. The van der Waals surface area contributed by atoms with E-state index >= 15 is 0 Å². The topological polar surface area (TPSA) is 154 Å². The van der Waals surface area contributed by atoms with E-state index in [4.69, 9.17) is 10.5 Å². The van der Waals surface area contributed by atoms with Crippen LogP contribution < -0.4 is 27.2 Å². The standard InChI is InChI=1S/C14H22N6O4/c1-6(24-13(23)7-3-2-4-16-7)10(21)8-5-17-11-9(18-8)12(22)20-14(15)19-11/h6-8,10,16,18,21H,2-5H2,1H3,(H4,15,17,19,20,22). The predicted molar refractivity (Wildman–Crippen MR) is 87.8 cm³/mol. The average molecular weight is 338 g/mol. The first-order valence-corrected chi connectivity index (χ1v) is 7.98. The van der Waals surface area contributed by atoms with E-state index in [2.05, 4.69) is 25.9 Å². The Hall–Kier alpha value is -2.33. The van der Waals surface area contributed by atoms with Crippen molar-refractivity contribution in [2.45, 2.75) is 44.1 Å². The SMILES string of the molecule is CC(OC(=O)C1CCCN1)C(O)C1CNc2nc(N)[nH]c(=O)c2N1. The minimum absolute atomic E-state index is 0.0124. The number of carbonyl (C=O) groups is 1. The highest BCUT2D eigenvalue weighted by molar-refractivity contribution is 5.76. The van der Waals surface area contributed by atoms with Crippen LogP contribution in [-0.2, 0) is 9.53 Å². The summed E-state index contributed by atoms with van der Waals surface area (Å²) in [5.41, 5.74) is 5.27. The molecule has 10 heteroatoms. The zero-order valence-corrected chi connectivity index (χ0v) is 13.3. The fraction of sp³-hybridized carbons (Fsp3) is 0.643. The van der Waals surface area contributed by atoms with Crippen molar-refractivity contribution in [3.8, 4) is 0 Å². The van der Waals surface area contributed by atoms with Gasteiger partial charge in [-0.25, -0.2) is 0 Å². The lowest BCUT2D eigenvalue weighted by molar-refractivity contribution is -0.156. The largest absolute Gasteiger partial charge is 0.459 e. The van der Waals surface area contributed by atoms with E-state index in [1.807, 2.05) is 0 Å². The van der Waals surface area contributed by atoms with Crippen molar-refractivity contribution in [3.05, 3.63) is 10.4 Å². The van der Waals surface area contributed by atoms with Gasteiger partial charge in [-0.05, 0) is 26.3 Å². The van der Waals surface area contributed by atoms with Crippen LogP contribution in [0.5, 0.6) is 0 Å². The number of nitrogen functional groups attached to an aromatic ring is 1. The number of aromatic amines is 1. The highest BCUT2D eigenvalue weighted by Crippen LogP contribution is 2.22. The molecule has 0 radical (unpaired) electrons. The van der Waals surface area contributed by atoms with Gasteiger partial charge in [-0.1, -0.05) is 0 Å². The molecule has 4 atom stereocenters. The van der Waals surface area contributed by atoms with Crippen LogP contribution in [0.2, 0.25) is 0 Å². The van der Waals surface area contributed by atoms with Gasteiger partial charge in [0.1, 0.15) is 23.9 Å². The Kier molecular flexibility index (Phi) is 4.58. The number of esters is 1. The summed E-state index contributed by atoms with van der Waals surface area (Å²) in [6, 6.07) is -0.823. The van der Waals surface area contributed by atoms with Crippen LogP contribution in [0.25, 0.3) is 0 Å². The molecule has 3 rings (SSSR count). The van der Waals surface area contributed by atoms with Gasteiger partial charge >= 0.3 is 5.97 Å². The third-order valence-electron chi connectivity index (χ3n) is 4.30. The molecule has 0 aliphatic carbocycles. The second-order valence-corrected chi connectivity index (χ2v) is 6.09. The molecule has 0 bridgehead atoms. The van der Waals surface area contributed by atoms with Crippen LogP contribution in [0.1, 0.15) is 19.8 Å². The number of H-pyrrole nitrogens is 1. The summed E-state index contributed by atoms with van der Waals surface area (Å²) in [6.45, 7) is 2.73. The molecule has 3 heterocycles. The zero-order chi connectivity index (χ0) is 17.3. The summed E-state index contributed by atoms with van der Waals surface area (Å²) in [5.74, 6) is -0.0200. The number of carbonyl (C=O) groups excluding carboxylic acids is 1. The molecule has 24 heavy (non-hydrogen) atoms. The molecule has 1 aromatic rings. The van der Waals surface area contributed by atoms with E-state index in [1.54, 1.807) is 6.92 Å². The predicted octanol–water partition coefficient (Wildman–Crippen LogP) is -1.40. The maximum absolute atomic E-state index is 12.0. The first kappa shape index (κ1) is 16.5. The van der Waals surface area contributed by atoms with E-state index in [0.717, 1.165) is 19.4 Å². The summed E-state index contributed by atoms with van der Waals surface area (Å²) in [6.07, 6.45) is -0.0455. The molecule has 1 fully saturated rings. The van der Waals surface area contributed by atoms with E-state index in [9.17, 15) is 14.7 Å². The van der Waals surface area contributed by atoms with E-state index in [1.165, 1.54) is 0 Å². The fourth-order valence-electron chi connectivity index (χ4n) is 2.95. The molecule has 2 aliphatic rings. The van der Waals surface area contributed by atoms with Crippen molar-refractivity contribution >= 4 is 23.4 Å². The second-order valence-electron chi connectivity index (χ2n) is 6.09. The van der Waals surface area contributed by atoms with Crippen molar-refractivity contribution in [1.82, 2.24) is 15.3 Å². The Bertz CT molecular complexity index is 672. The normalized spacial score (nSPS) is 25.1. The number of aromatic nitrogens is 2. The van der Waals surface area contributed by atoms with Gasteiger partial charge in [-0.3, -0.25) is 14.6 Å². The van der Waals surface area contributed by atoms with E-state index in [0.29, 0.717) is 12.4 Å². The van der Waals surface area contributed by atoms with Crippen molar-refractivity contribution in [3.63, 3.8) is 0 Å². The van der Waals surface area contributed by atoms with Gasteiger partial charge in [-0.2, -0.15) is 4.98 Å². The van der Waals surface area contributed by atoms with Crippen molar-refractivity contribution < 1.29 is 14.6 Å². The lowest BCUT2D eigenvalue weighted by Gasteiger charge is -2.33. The number of ether oxygens (including phenoxy) is 1. The van der Waals surface area contributed by atoms with Crippen molar-refractivity contribution in [1.29, 1.82) is 0 Å². The van der Waals surface area contributed by atoms with Gasteiger partial charge in [0.05, 0.1) is 6.04 Å². The summed E-state index contributed by atoms with van der Waals surface area (Å²) in [4.78, 5) is 30.3. The van der Waals surface area contributed by atoms with Gasteiger partial charge in [-0.15, -0.1) is 0 Å². The molecule has 0 spiro atoms. The number of hydrogen-bond acceptors (Lipinski definition) is 9.